The van der Waals surface area contributed by atoms with E-state index in [0.717, 1.165) is 21.7 Å². The van der Waals surface area contributed by atoms with Gasteiger partial charge in [0, 0.05) is 16.3 Å². The second-order valence-electron chi connectivity index (χ2n) is 7.43. The molecule has 0 aliphatic rings. The lowest BCUT2D eigenvalue weighted by molar-refractivity contribution is -0.113. The van der Waals surface area contributed by atoms with Crippen LogP contribution in [0, 0.1) is 13.8 Å². The first-order valence-corrected chi connectivity index (χ1v) is 12.5. The maximum absolute atomic E-state index is 12.8. The zero-order valence-corrected chi connectivity index (χ0v) is 22.2. The second kappa shape index (κ2) is 11.5. The van der Waals surface area contributed by atoms with Crippen LogP contribution in [-0.2, 0) is 4.79 Å². The molecule has 0 radical (unpaired) electrons. The number of rotatable bonds is 7. The molecule has 0 unspecified atom stereocenters. The minimum atomic E-state index is -1.48. The Hall–Kier alpha value is -2.42. The molecule has 2 amide bonds. The quantitative estimate of drug-likeness (QED) is 0.154. The Morgan fingerprint density at radius 1 is 0.771 bits per heavy atom. The average Bonchev–Trinajstić information content (AvgIpc) is 2.81. The number of hydrogen-bond donors (Lipinski definition) is 3. The fourth-order valence-corrected chi connectivity index (χ4v) is 4.76. The van der Waals surface area contributed by atoms with Crippen molar-refractivity contribution >= 4 is 87.3 Å². The van der Waals surface area contributed by atoms with E-state index in [1.54, 1.807) is 24.3 Å². The summed E-state index contributed by atoms with van der Waals surface area (Å²) >= 11 is 25.3. The normalized spacial score (nSPS) is 10.7. The molecule has 0 fully saturated rings. The third kappa shape index (κ3) is 6.42. The van der Waals surface area contributed by atoms with Crippen LogP contribution in [0.1, 0.15) is 31.8 Å². The van der Waals surface area contributed by atoms with Crippen LogP contribution >= 0.6 is 58.2 Å². The summed E-state index contributed by atoms with van der Waals surface area (Å²) in [6.45, 7) is 3.98. The molecule has 0 spiro atoms. The topological polar surface area (TPSA) is 95.5 Å². The van der Waals surface area contributed by atoms with Gasteiger partial charge < -0.3 is 15.7 Å². The zero-order chi connectivity index (χ0) is 25.9. The minimum absolute atomic E-state index is 0.150. The first kappa shape index (κ1) is 27.2. The maximum Gasteiger partial charge on any atom is 0.338 e. The molecule has 3 aromatic rings. The summed E-state index contributed by atoms with van der Waals surface area (Å²) in [4.78, 5) is 37.6. The van der Waals surface area contributed by atoms with Gasteiger partial charge in [0.1, 0.15) is 0 Å². The second-order valence-corrected chi connectivity index (χ2v) is 9.99. The SMILES string of the molecule is Cc1ccc(NC(=O)CSc2ccc(NC(=O)c3c(Cl)c(Cl)c(Cl)c(Cl)c3C(=O)O)cc2)cc1C. The highest BCUT2D eigenvalue weighted by Crippen LogP contribution is 2.41. The molecule has 0 aromatic heterocycles. The van der Waals surface area contributed by atoms with E-state index in [9.17, 15) is 19.5 Å². The van der Waals surface area contributed by atoms with Gasteiger partial charge in [-0.05, 0) is 61.4 Å². The number of nitrogens with one attached hydrogen (secondary N) is 2. The van der Waals surface area contributed by atoms with Crippen molar-refractivity contribution in [1.82, 2.24) is 0 Å². The van der Waals surface area contributed by atoms with Crippen LogP contribution < -0.4 is 10.6 Å². The number of benzene rings is 3. The van der Waals surface area contributed by atoms with Crippen molar-refractivity contribution in [3.8, 4) is 0 Å². The van der Waals surface area contributed by atoms with Gasteiger partial charge in [-0.2, -0.15) is 0 Å². The van der Waals surface area contributed by atoms with Crippen molar-refractivity contribution in [3.05, 3.63) is 84.8 Å². The number of carboxylic acids is 1. The molecule has 3 rings (SSSR count). The van der Waals surface area contributed by atoms with Crippen molar-refractivity contribution in [1.29, 1.82) is 0 Å². The number of thioether (sulfide) groups is 1. The van der Waals surface area contributed by atoms with Crippen molar-refractivity contribution in [2.24, 2.45) is 0 Å². The minimum Gasteiger partial charge on any atom is -0.478 e. The predicted octanol–water partition coefficient (Wildman–Crippen LogP) is 7.60. The molecule has 3 aromatic carbocycles. The van der Waals surface area contributed by atoms with Gasteiger partial charge in [0.2, 0.25) is 5.91 Å². The number of aromatic carboxylic acids is 1. The molecule has 0 bridgehead atoms. The van der Waals surface area contributed by atoms with Crippen LogP contribution in [0.5, 0.6) is 0 Å². The van der Waals surface area contributed by atoms with E-state index in [1.807, 2.05) is 32.0 Å². The molecule has 3 N–H and O–H groups in total. The summed E-state index contributed by atoms with van der Waals surface area (Å²) in [5.74, 6) is -2.26. The molecule has 0 aliphatic heterocycles. The smallest absolute Gasteiger partial charge is 0.338 e. The molecular formula is C24H18Cl4N2O4S. The highest BCUT2D eigenvalue weighted by atomic mass is 35.5. The third-order valence-corrected chi connectivity index (χ3v) is 7.79. The molecule has 0 aliphatic carbocycles. The zero-order valence-electron chi connectivity index (χ0n) is 18.3. The number of carboxylic acid groups (broad SMARTS) is 1. The van der Waals surface area contributed by atoms with Crippen LogP contribution in [0.3, 0.4) is 0 Å². The number of amides is 2. The Kier molecular flexibility index (Phi) is 8.96. The van der Waals surface area contributed by atoms with Crippen molar-refractivity contribution in [2.75, 3.05) is 16.4 Å². The van der Waals surface area contributed by atoms with Gasteiger partial charge in [-0.3, -0.25) is 9.59 Å². The van der Waals surface area contributed by atoms with E-state index in [-0.39, 0.29) is 31.8 Å². The van der Waals surface area contributed by atoms with Gasteiger partial charge in [0.25, 0.3) is 5.91 Å². The lowest BCUT2D eigenvalue weighted by Gasteiger charge is -2.14. The standard InChI is InChI=1S/C24H18Cl4N2O4S/c1-11-3-4-14(9-12(11)2)29-16(31)10-35-15-7-5-13(6-8-15)30-23(32)17-18(24(33)34)20(26)22(28)21(27)19(17)25/h3-9H,10H2,1-2H3,(H,29,31)(H,30,32)(H,33,34). The van der Waals surface area contributed by atoms with Gasteiger partial charge in [-0.25, -0.2) is 4.79 Å². The highest BCUT2D eigenvalue weighted by Gasteiger charge is 2.28. The number of carbonyl (C=O) groups is 3. The van der Waals surface area contributed by atoms with E-state index in [0.29, 0.717) is 5.69 Å². The molecule has 6 nitrogen and oxygen atoms in total. The van der Waals surface area contributed by atoms with Crippen molar-refractivity contribution < 1.29 is 19.5 Å². The fraction of sp³-hybridized carbons (Fsp3) is 0.125. The highest BCUT2D eigenvalue weighted by molar-refractivity contribution is 8.00. The molecule has 0 heterocycles. The average molecular weight is 572 g/mol. The Morgan fingerprint density at radius 3 is 1.91 bits per heavy atom. The summed E-state index contributed by atoms with van der Waals surface area (Å²) in [7, 11) is 0. The van der Waals surface area contributed by atoms with Crippen LogP contribution in [0.4, 0.5) is 11.4 Å². The number of halogens is 4. The van der Waals surface area contributed by atoms with E-state index >= 15 is 0 Å². The Balaban J connectivity index is 1.67. The van der Waals surface area contributed by atoms with Crippen LogP contribution in [-0.4, -0.2) is 28.6 Å². The number of aryl methyl sites for hydroxylation is 2. The van der Waals surface area contributed by atoms with Crippen molar-refractivity contribution in [3.63, 3.8) is 0 Å². The first-order valence-electron chi connectivity index (χ1n) is 10.00. The monoisotopic (exact) mass is 570 g/mol. The van der Waals surface area contributed by atoms with E-state index in [4.69, 9.17) is 46.4 Å². The summed E-state index contributed by atoms with van der Waals surface area (Å²) in [6.07, 6.45) is 0. The largest absolute Gasteiger partial charge is 0.478 e. The Bertz CT molecular complexity index is 1330. The summed E-state index contributed by atoms with van der Waals surface area (Å²) in [5, 5.41) is 13.7. The summed E-state index contributed by atoms with van der Waals surface area (Å²) in [6, 6.07) is 12.4. The molecule has 0 saturated carbocycles. The lowest BCUT2D eigenvalue weighted by atomic mass is 10.1. The molecule has 0 saturated heterocycles. The van der Waals surface area contributed by atoms with Gasteiger partial charge in [-0.15, -0.1) is 11.8 Å². The van der Waals surface area contributed by atoms with Crippen LogP contribution in [0.15, 0.2) is 47.4 Å². The molecule has 182 valence electrons. The maximum atomic E-state index is 12.8. The number of anilines is 2. The number of carbonyl (C=O) groups excluding carboxylic acids is 2. The van der Waals surface area contributed by atoms with E-state index in [1.165, 1.54) is 11.8 Å². The molecule has 0 atom stereocenters. The fourth-order valence-electron chi connectivity index (χ4n) is 3.04. The number of hydrogen-bond acceptors (Lipinski definition) is 4. The first-order chi connectivity index (χ1) is 16.5. The van der Waals surface area contributed by atoms with Gasteiger partial charge in [0.05, 0.1) is 37.0 Å². The Morgan fingerprint density at radius 2 is 1.34 bits per heavy atom. The van der Waals surface area contributed by atoms with Crippen LogP contribution in [0.2, 0.25) is 20.1 Å². The van der Waals surface area contributed by atoms with Crippen LogP contribution in [0.25, 0.3) is 0 Å². The lowest BCUT2D eigenvalue weighted by Crippen LogP contribution is -2.18. The third-order valence-electron chi connectivity index (χ3n) is 4.98. The van der Waals surface area contributed by atoms with Gasteiger partial charge in [0.15, 0.2) is 0 Å². The Labute approximate surface area is 225 Å². The molecular weight excluding hydrogens is 554 g/mol. The summed E-state index contributed by atoms with van der Waals surface area (Å²) in [5.41, 5.74) is 2.39. The molecule has 11 heteroatoms. The van der Waals surface area contributed by atoms with Gasteiger partial charge in [-0.1, -0.05) is 52.5 Å². The van der Waals surface area contributed by atoms with Gasteiger partial charge >= 0.3 is 5.97 Å². The summed E-state index contributed by atoms with van der Waals surface area (Å²) < 4.78 is 0. The van der Waals surface area contributed by atoms with E-state index < -0.39 is 23.0 Å². The van der Waals surface area contributed by atoms with E-state index in [2.05, 4.69) is 10.6 Å². The molecule has 35 heavy (non-hydrogen) atoms. The van der Waals surface area contributed by atoms with Crippen molar-refractivity contribution in [2.45, 2.75) is 18.7 Å². The predicted molar refractivity (Wildman–Crippen MR) is 143 cm³/mol.